The first-order valence-electron chi connectivity index (χ1n) is 11.4. The molecule has 0 radical (unpaired) electrons. The molecule has 0 aromatic heterocycles. The van der Waals surface area contributed by atoms with E-state index in [1.165, 1.54) is 23.8 Å². The van der Waals surface area contributed by atoms with Gasteiger partial charge in [-0.05, 0) is 79.9 Å². The first-order chi connectivity index (χ1) is 17.7. The van der Waals surface area contributed by atoms with Crippen LogP contribution in [0, 0.1) is 20.8 Å². The molecule has 190 valence electrons. The van der Waals surface area contributed by atoms with Gasteiger partial charge in [-0.15, -0.1) is 0 Å². The third-order valence-electron chi connectivity index (χ3n) is 5.66. The van der Waals surface area contributed by atoms with Crippen molar-refractivity contribution in [1.82, 2.24) is 0 Å². The molecule has 0 bridgehead atoms. The summed E-state index contributed by atoms with van der Waals surface area (Å²) in [6.07, 6.45) is 1.75. The molecule has 1 aliphatic heterocycles. The Morgan fingerprint density at radius 3 is 2.38 bits per heavy atom. The van der Waals surface area contributed by atoms with Crippen LogP contribution in [0.2, 0.25) is 5.02 Å². The lowest BCUT2D eigenvalue weighted by atomic mass is 10.1. The van der Waals surface area contributed by atoms with E-state index in [0.717, 1.165) is 27.9 Å². The lowest BCUT2D eigenvalue weighted by Gasteiger charge is -2.15. The lowest BCUT2D eigenvalue weighted by Crippen LogP contribution is -2.27. The summed E-state index contributed by atoms with van der Waals surface area (Å²) in [5.41, 5.74) is 5.31. The van der Waals surface area contributed by atoms with E-state index in [2.05, 4.69) is 5.32 Å². The van der Waals surface area contributed by atoms with Gasteiger partial charge in [-0.25, -0.2) is 0 Å². The van der Waals surface area contributed by atoms with Gasteiger partial charge in [0.1, 0.15) is 0 Å². The second-order valence-electron chi connectivity index (χ2n) is 8.51. The number of benzene rings is 3. The maximum atomic E-state index is 13.0. The zero-order valence-corrected chi connectivity index (χ0v) is 23.1. The largest absolute Gasteiger partial charge is 0.493 e. The highest BCUT2D eigenvalue weighted by Gasteiger charge is 2.33. The molecule has 1 N–H and O–H groups in total. The zero-order chi connectivity index (χ0) is 26.7. The normalized spacial score (nSPS) is 14.3. The van der Waals surface area contributed by atoms with E-state index in [9.17, 15) is 9.59 Å². The molecule has 0 aliphatic carbocycles. The highest BCUT2D eigenvalue weighted by atomic mass is 35.5. The number of amides is 2. The predicted molar refractivity (Wildman–Crippen MR) is 155 cm³/mol. The van der Waals surface area contributed by atoms with Crippen LogP contribution in [0.3, 0.4) is 0 Å². The Labute approximate surface area is 230 Å². The zero-order valence-electron chi connectivity index (χ0n) is 20.8. The topological polar surface area (TPSA) is 67.9 Å². The van der Waals surface area contributed by atoms with Crippen molar-refractivity contribution < 1.29 is 19.1 Å². The summed E-state index contributed by atoms with van der Waals surface area (Å²) in [7, 11) is 1.52. The van der Waals surface area contributed by atoms with Crippen LogP contribution in [0.15, 0.2) is 59.5 Å². The highest BCUT2D eigenvalue weighted by molar-refractivity contribution is 8.27. The number of carbonyl (C=O) groups is 2. The van der Waals surface area contributed by atoms with Crippen molar-refractivity contribution in [3.05, 3.63) is 86.8 Å². The first kappa shape index (κ1) is 26.7. The molecule has 1 heterocycles. The molecule has 3 aromatic rings. The fraction of sp³-hybridized carbons (Fsp3) is 0.179. The van der Waals surface area contributed by atoms with Crippen molar-refractivity contribution in [3.8, 4) is 11.5 Å². The number of methoxy groups -OCH3 is 1. The fourth-order valence-corrected chi connectivity index (χ4v) is 5.45. The van der Waals surface area contributed by atoms with Crippen LogP contribution < -0.4 is 19.7 Å². The van der Waals surface area contributed by atoms with Gasteiger partial charge in [-0.3, -0.25) is 14.5 Å². The Kier molecular flexibility index (Phi) is 8.22. The van der Waals surface area contributed by atoms with E-state index < -0.39 is 0 Å². The SMILES string of the molecule is COc1cc(/C=C2\SC(=S)N(c3ccc(Cl)cc3)C2=O)ccc1OCC(=O)Nc1c(C)cc(C)cc1C. The van der Waals surface area contributed by atoms with Crippen molar-refractivity contribution in [1.29, 1.82) is 0 Å². The van der Waals surface area contributed by atoms with Crippen LogP contribution in [-0.2, 0) is 9.59 Å². The molecular weight excluding hydrogens is 528 g/mol. The van der Waals surface area contributed by atoms with Crippen LogP contribution in [-0.4, -0.2) is 29.9 Å². The number of aryl methyl sites for hydroxylation is 3. The average Bonchev–Trinajstić information content (AvgIpc) is 3.13. The molecule has 1 fully saturated rings. The maximum Gasteiger partial charge on any atom is 0.270 e. The minimum absolute atomic E-state index is 0.178. The van der Waals surface area contributed by atoms with Gasteiger partial charge in [-0.1, -0.05) is 59.3 Å². The van der Waals surface area contributed by atoms with E-state index in [1.807, 2.05) is 32.9 Å². The van der Waals surface area contributed by atoms with Crippen molar-refractivity contribution in [3.63, 3.8) is 0 Å². The van der Waals surface area contributed by atoms with Gasteiger partial charge in [0.2, 0.25) is 0 Å². The van der Waals surface area contributed by atoms with E-state index in [1.54, 1.807) is 48.5 Å². The minimum atomic E-state index is -0.271. The molecule has 0 atom stereocenters. The smallest absolute Gasteiger partial charge is 0.270 e. The van der Waals surface area contributed by atoms with Crippen molar-refractivity contribution in [2.45, 2.75) is 20.8 Å². The Morgan fingerprint density at radius 1 is 1.05 bits per heavy atom. The van der Waals surface area contributed by atoms with Crippen LogP contribution in [0.1, 0.15) is 22.3 Å². The molecule has 1 aliphatic rings. The van der Waals surface area contributed by atoms with Gasteiger partial charge in [0.15, 0.2) is 22.4 Å². The lowest BCUT2D eigenvalue weighted by molar-refractivity contribution is -0.118. The van der Waals surface area contributed by atoms with Crippen molar-refractivity contribution >= 4 is 69.2 Å². The predicted octanol–water partition coefficient (Wildman–Crippen LogP) is 6.70. The molecule has 0 spiro atoms. The fourth-order valence-electron chi connectivity index (χ4n) is 4.02. The second-order valence-corrected chi connectivity index (χ2v) is 10.6. The van der Waals surface area contributed by atoms with Gasteiger partial charge in [0, 0.05) is 10.7 Å². The molecule has 0 saturated carbocycles. The number of ether oxygens (including phenoxy) is 2. The van der Waals surface area contributed by atoms with Gasteiger partial charge in [0.05, 0.1) is 17.7 Å². The molecule has 0 unspecified atom stereocenters. The molecule has 37 heavy (non-hydrogen) atoms. The number of anilines is 2. The van der Waals surface area contributed by atoms with E-state index in [0.29, 0.717) is 31.4 Å². The second kappa shape index (κ2) is 11.4. The molecule has 4 rings (SSSR count). The highest BCUT2D eigenvalue weighted by Crippen LogP contribution is 2.37. The standard InChI is InChI=1S/C28H25ClN2O4S2/c1-16-11-17(2)26(18(3)12-16)30-25(32)15-35-22-10-5-19(13-23(22)34-4)14-24-27(33)31(28(36)37-24)21-8-6-20(29)7-9-21/h5-14H,15H2,1-4H3,(H,30,32)/b24-14-. The van der Waals surface area contributed by atoms with Gasteiger partial charge >= 0.3 is 0 Å². The maximum absolute atomic E-state index is 13.0. The van der Waals surface area contributed by atoms with Gasteiger partial charge in [-0.2, -0.15) is 0 Å². The Bertz CT molecular complexity index is 1400. The number of carbonyl (C=O) groups excluding carboxylic acids is 2. The van der Waals surface area contributed by atoms with Gasteiger partial charge < -0.3 is 14.8 Å². The Morgan fingerprint density at radius 2 is 1.73 bits per heavy atom. The van der Waals surface area contributed by atoms with Crippen LogP contribution in [0.25, 0.3) is 6.08 Å². The molecule has 1 saturated heterocycles. The summed E-state index contributed by atoms with van der Waals surface area (Å²) < 4.78 is 11.7. The third kappa shape index (κ3) is 6.15. The quantitative estimate of drug-likeness (QED) is 0.260. The number of hydrogen-bond donors (Lipinski definition) is 1. The number of nitrogens with zero attached hydrogens (tertiary/aromatic N) is 1. The van der Waals surface area contributed by atoms with Crippen LogP contribution >= 0.6 is 35.6 Å². The minimum Gasteiger partial charge on any atom is -0.493 e. The third-order valence-corrected chi connectivity index (χ3v) is 7.22. The van der Waals surface area contributed by atoms with Crippen LogP contribution in [0.4, 0.5) is 11.4 Å². The summed E-state index contributed by atoms with van der Waals surface area (Å²) in [6, 6.07) is 16.2. The van der Waals surface area contributed by atoms with Crippen LogP contribution in [0.5, 0.6) is 11.5 Å². The number of thioether (sulfide) groups is 1. The summed E-state index contributed by atoms with van der Waals surface area (Å²) in [5, 5.41) is 3.50. The number of hydrogen-bond acceptors (Lipinski definition) is 6. The first-order valence-corrected chi connectivity index (χ1v) is 13.0. The van der Waals surface area contributed by atoms with Crippen molar-refractivity contribution in [2.24, 2.45) is 0 Å². The number of thiocarbonyl (C=S) groups is 1. The average molecular weight is 553 g/mol. The Hall–Kier alpha value is -3.33. The summed E-state index contributed by atoms with van der Waals surface area (Å²) >= 11 is 12.6. The summed E-state index contributed by atoms with van der Waals surface area (Å²) in [6.45, 7) is 5.76. The van der Waals surface area contributed by atoms with Gasteiger partial charge in [0.25, 0.3) is 11.8 Å². The van der Waals surface area contributed by atoms with E-state index in [4.69, 9.17) is 33.3 Å². The molecule has 6 nitrogen and oxygen atoms in total. The molecular formula is C28H25ClN2O4S2. The number of rotatable bonds is 7. The Balaban J connectivity index is 1.45. The number of halogens is 1. The van der Waals surface area contributed by atoms with E-state index in [-0.39, 0.29) is 18.4 Å². The molecule has 3 aromatic carbocycles. The van der Waals surface area contributed by atoms with E-state index >= 15 is 0 Å². The monoisotopic (exact) mass is 552 g/mol. The number of nitrogens with one attached hydrogen (secondary N) is 1. The summed E-state index contributed by atoms with van der Waals surface area (Å²) in [4.78, 5) is 27.6. The molecule has 2 amide bonds. The molecule has 9 heteroatoms. The van der Waals surface area contributed by atoms with Crippen molar-refractivity contribution in [2.75, 3.05) is 23.9 Å². The summed E-state index contributed by atoms with van der Waals surface area (Å²) in [5.74, 6) is 0.375.